The molecule has 0 amide bonds. The number of aliphatic hydroxyl groups is 3. The smallest absolute Gasteiger partial charge is 0.462 e. The van der Waals surface area contributed by atoms with Crippen molar-refractivity contribution in [2.24, 2.45) is 11.8 Å². The minimum atomic E-state index is -4.44. The van der Waals surface area contributed by atoms with Gasteiger partial charge in [-0.1, -0.05) is 146 Å². The van der Waals surface area contributed by atoms with Crippen LogP contribution in [-0.4, -0.2) is 109 Å². The summed E-state index contributed by atoms with van der Waals surface area (Å²) in [5, 5.41) is 31.5. The Kier molecular flexibility index (Phi) is 35.4. The van der Waals surface area contributed by atoms with Crippen LogP contribution in [0.4, 0.5) is 0 Å². The third-order valence-electron chi connectivity index (χ3n) is 11.7. The number of aliphatic hydroxyl groups excluding tert-OH is 3. The molecule has 0 heterocycles. The zero-order chi connectivity index (χ0) is 47.3. The lowest BCUT2D eigenvalue weighted by molar-refractivity contribution is -0.870. The fourth-order valence-corrected chi connectivity index (χ4v) is 8.45. The largest absolute Gasteiger partial charge is 0.472 e. The Morgan fingerprint density at radius 1 is 0.688 bits per heavy atom. The van der Waals surface area contributed by atoms with E-state index < -0.39 is 50.8 Å². The second-order valence-corrected chi connectivity index (χ2v) is 20.3. The molecule has 1 saturated carbocycles. The topological polar surface area (TPSA) is 169 Å². The second-order valence-electron chi connectivity index (χ2n) is 18.8. The average Bonchev–Trinajstić information content (AvgIpc) is 3.51. The number of phosphoric ester groups is 1. The average molecular weight is 927 g/mol. The molecule has 0 radical (unpaired) electrons. The van der Waals surface area contributed by atoms with Crippen molar-refractivity contribution in [2.45, 2.75) is 205 Å². The van der Waals surface area contributed by atoms with E-state index in [1.807, 2.05) is 27.2 Å². The lowest BCUT2D eigenvalue weighted by Gasteiger charge is -2.24. The number of esters is 2. The Morgan fingerprint density at radius 3 is 1.86 bits per heavy atom. The van der Waals surface area contributed by atoms with E-state index >= 15 is 0 Å². The molecular weight excluding hydrogens is 834 g/mol. The maximum absolute atomic E-state index is 12.8. The third-order valence-corrected chi connectivity index (χ3v) is 12.7. The van der Waals surface area contributed by atoms with Crippen molar-refractivity contribution >= 4 is 19.8 Å². The van der Waals surface area contributed by atoms with Gasteiger partial charge in [0.1, 0.15) is 19.8 Å². The minimum absolute atomic E-state index is 0.00717. The molecule has 0 saturated heterocycles. The molecule has 1 aliphatic rings. The van der Waals surface area contributed by atoms with Gasteiger partial charge >= 0.3 is 19.8 Å². The van der Waals surface area contributed by atoms with Gasteiger partial charge in [0, 0.05) is 25.2 Å². The number of hydrogen-bond donors (Lipinski definition) is 4. The predicted octanol–water partition coefficient (Wildman–Crippen LogP) is 11.0. The summed E-state index contributed by atoms with van der Waals surface area (Å²) in [5.41, 5.74) is 0. The first kappa shape index (κ1) is 59.9. The number of likely N-dealkylation sites (N-methyl/N-ethyl adjacent to an activating group) is 1. The molecule has 64 heavy (non-hydrogen) atoms. The molecule has 0 aromatic rings. The number of carbonyl (C=O) groups is 2. The van der Waals surface area contributed by atoms with E-state index in [9.17, 15) is 34.4 Å². The van der Waals surface area contributed by atoms with Gasteiger partial charge in [0.25, 0.3) is 0 Å². The predicted molar refractivity (Wildman–Crippen MR) is 258 cm³/mol. The molecule has 0 spiro atoms. The van der Waals surface area contributed by atoms with E-state index in [-0.39, 0.29) is 37.9 Å². The van der Waals surface area contributed by atoms with Crippen LogP contribution in [0.2, 0.25) is 0 Å². The SMILES string of the molecule is CCCCCC/C=C\C/C=C\C/C=C\CCCCCCCCC(=O)O[C@H](COC(=O)CCCCCC[C@@H]1[C@@H](/C=C/[C@@H](O)CCCCC)[C@H](O)C[C@@H]1O)COP(=O)(O)OCC[N+](C)(C)C. The van der Waals surface area contributed by atoms with Crippen molar-refractivity contribution in [3.8, 4) is 0 Å². The van der Waals surface area contributed by atoms with Gasteiger partial charge in [-0.2, -0.15) is 0 Å². The van der Waals surface area contributed by atoms with Gasteiger partial charge in [-0.15, -0.1) is 0 Å². The van der Waals surface area contributed by atoms with Gasteiger partial charge in [-0.25, -0.2) is 4.57 Å². The van der Waals surface area contributed by atoms with Crippen LogP contribution in [0.1, 0.15) is 181 Å². The van der Waals surface area contributed by atoms with Crippen LogP contribution >= 0.6 is 7.82 Å². The van der Waals surface area contributed by atoms with E-state index in [4.69, 9.17) is 18.5 Å². The summed E-state index contributed by atoms with van der Waals surface area (Å²) in [5.74, 6) is -1.23. The number of quaternary nitrogens is 1. The molecule has 1 rings (SSSR count). The fourth-order valence-electron chi connectivity index (χ4n) is 7.71. The van der Waals surface area contributed by atoms with Gasteiger partial charge in [-0.3, -0.25) is 18.6 Å². The molecule has 1 fully saturated rings. The van der Waals surface area contributed by atoms with Gasteiger partial charge in [-0.05, 0) is 70.1 Å². The van der Waals surface area contributed by atoms with Crippen LogP contribution < -0.4 is 0 Å². The molecule has 1 unspecified atom stereocenters. The number of phosphoric acid groups is 1. The summed E-state index contributed by atoms with van der Waals surface area (Å²) in [6.45, 7) is 4.05. The highest BCUT2D eigenvalue weighted by atomic mass is 31.2. The van der Waals surface area contributed by atoms with Crippen molar-refractivity contribution in [3.63, 3.8) is 0 Å². The van der Waals surface area contributed by atoms with Crippen LogP contribution in [-0.2, 0) is 32.7 Å². The van der Waals surface area contributed by atoms with Crippen molar-refractivity contribution in [1.82, 2.24) is 0 Å². The third kappa shape index (κ3) is 34.2. The van der Waals surface area contributed by atoms with Crippen LogP contribution in [0.25, 0.3) is 0 Å². The van der Waals surface area contributed by atoms with Crippen LogP contribution in [0.15, 0.2) is 48.6 Å². The Bertz CT molecular complexity index is 1350. The normalized spacial score (nSPS) is 20.2. The Hall–Kier alpha value is -2.15. The molecule has 0 bridgehead atoms. The molecule has 0 aromatic heterocycles. The summed E-state index contributed by atoms with van der Waals surface area (Å²) in [4.78, 5) is 35.7. The first-order valence-corrected chi connectivity index (χ1v) is 26.6. The van der Waals surface area contributed by atoms with Gasteiger partial charge in [0.05, 0.1) is 46.1 Å². The number of ether oxygens (including phenoxy) is 2. The summed E-state index contributed by atoms with van der Waals surface area (Å²) in [7, 11) is 1.35. The zero-order valence-electron chi connectivity index (χ0n) is 40.8. The van der Waals surface area contributed by atoms with Crippen molar-refractivity contribution < 1.29 is 57.4 Å². The monoisotopic (exact) mass is 927 g/mol. The summed E-state index contributed by atoms with van der Waals surface area (Å²) >= 11 is 0. The minimum Gasteiger partial charge on any atom is -0.462 e. The molecular formula is C51H93NO11P+. The first-order valence-electron chi connectivity index (χ1n) is 25.1. The standard InChI is InChI=1S/C51H92NO11P/c1-6-8-10-11-12-13-14-15-16-17-18-19-20-21-22-23-24-25-26-32-36-51(57)63-45(43-62-64(58,59)61-40-39-52(3,4)5)42-60-50(56)35-31-28-27-30-34-46-47(49(55)41-48(46)54)38-37-44(53)33-29-9-7-2/h13-14,16-17,19-20,37-38,44-49,53-55H,6-12,15,18,21-36,39-43H2,1-5H3/p+1/b14-13-,17-16-,20-19-,38-37+/t44-,45+,46+,47+,48-,49+/m0/s1. The Morgan fingerprint density at radius 2 is 1.23 bits per heavy atom. The molecule has 0 aliphatic heterocycles. The summed E-state index contributed by atoms with van der Waals surface area (Å²) in [6, 6.07) is 0. The van der Waals surface area contributed by atoms with E-state index in [1.54, 1.807) is 6.08 Å². The number of hydrogen-bond acceptors (Lipinski definition) is 10. The number of carbonyl (C=O) groups excluding carboxylic acids is 2. The number of rotatable bonds is 41. The highest BCUT2D eigenvalue weighted by molar-refractivity contribution is 7.47. The molecule has 13 heteroatoms. The highest BCUT2D eigenvalue weighted by Gasteiger charge is 2.39. The van der Waals surface area contributed by atoms with Crippen LogP contribution in [0.5, 0.6) is 0 Å². The second kappa shape index (κ2) is 37.9. The van der Waals surface area contributed by atoms with E-state index in [0.717, 1.165) is 96.3 Å². The number of allylic oxidation sites excluding steroid dienone is 6. The highest BCUT2D eigenvalue weighted by Crippen LogP contribution is 2.43. The molecule has 372 valence electrons. The van der Waals surface area contributed by atoms with E-state index in [1.165, 1.54) is 32.1 Å². The van der Waals surface area contributed by atoms with Crippen LogP contribution in [0.3, 0.4) is 0 Å². The number of unbranched alkanes of at least 4 members (excludes halogenated alkanes) is 15. The van der Waals surface area contributed by atoms with Gasteiger partial charge < -0.3 is 34.2 Å². The Balaban J connectivity index is 2.42. The van der Waals surface area contributed by atoms with Crippen LogP contribution in [0, 0.1) is 11.8 Å². The lowest BCUT2D eigenvalue weighted by Crippen LogP contribution is -2.37. The Labute approximate surface area is 389 Å². The molecule has 4 N–H and O–H groups in total. The fraction of sp³-hybridized carbons (Fsp3) is 0.804. The molecule has 7 atom stereocenters. The maximum atomic E-state index is 12.8. The lowest BCUT2D eigenvalue weighted by atomic mass is 9.88. The molecule has 1 aliphatic carbocycles. The summed E-state index contributed by atoms with van der Waals surface area (Å²) < 4.78 is 34.4. The van der Waals surface area contributed by atoms with Crippen molar-refractivity contribution in [2.75, 3.05) is 47.5 Å². The summed E-state index contributed by atoms with van der Waals surface area (Å²) in [6.07, 6.45) is 37.9. The van der Waals surface area contributed by atoms with E-state index in [0.29, 0.717) is 36.7 Å². The van der Waals surface area contributed by atoms with Crippen molar-refractivity contribution in [1.29, 1.82) is 0 Å². The maximum Gasteiger partial charge on any atom is 0.472 e. The van der Waals surface area contributed by atoms with E-state index in [2.05, 4.69) is 50.3 Å². The molecule has 12 nitrogen and oxygen atoms in total. The quantitative estimate of drug-likeness (QED) is 0.0151. The van der Waals surface area contributed by atoms with Crippen molar-refractivity contribution in [3.05, 3.63) is 48.6 Å². The zero-order valence-corrected chi connectivity index (χ0v) is 41.7. The first-order chi connectivity index (χ1) is 30.7. The van der Waals surface area contributed by atoms with Gasteiger partial charge in [0.15, 0.2) is 6.10 Å². The number of nitrogens with zero attached hydrogens (tertiary/aromatic N) is 1. The molecule has 0 aromatic carbocycles. The van der Waals surface area contributed by atoms with Gasteiger partial charge in [0.2, 0.25) is 0 Å².